The topological polar surface area (TPSA) is 99.5 Å². The summed E-state index contributed by atoms with van der Waals surface area (Å²) in [5, 5.41) is 11.5. The number of nitriles is 1. The van der Waals surface area contributed by atoms with E-state index in [4.69, 9.17) is 10.00 Å². The number of hydrogen-bond donors (Lipinski definition) is 1. The Kier molecular flexibility index (Phi) is 7.57. The van der Waals surface area contributed by atoms with Crippen LogP contribution >= 0.6 is 0 Å². The van der Waals surface area contributed by atoms with Crippen LogP contribution in [0.3, 0.4) is 0 Å². The zero-order valence-electron chi connectivity index (χ0n) is 16.7. The van der Waals surface area contributed by atoms with Gasteiger partial charge in [0.2, 0.25) is 5.91 Å². The molecule has 0 aromatic heterocycles. The van der Waals surface area contributed by atoms with Crippen molar-refractivity contribution < 1.29 is 17.9 Å². The Labute approximate surface area is 177 Å². The second-order valence-corrected chi connectivity index (χ2v) is 9.39. The predicted molar refractivity (Wildman–Crippen MR) is 113 cm³/mol. The summed E-state index contributed by atoms with van der Waals surface area (Å²) in [6.07, 6.45) is 0. The zero-order chi connectivity index (χ0) is 21.4. The van der Waals surface area contributed by atoms with E-state index >= 15 is 0 Å². The fraction of sp³-hybridized carbons (Fsp3) is 0.364. The molecule has 7 nitrogen and oxygen atoms in total. The summed E-state index contributed by atoms with van der Waals surface area (Å²) in [7, 11) is -3.59. The fourth-order valence-corrected chi connectivity index (χ4v) is 4.52. The maximum Gasteiger partial charge on any atom is 0.235 e. The maximum atomic E-state index is 12.3. The first kappa shape index (κ1) is 22.0. The van der Waals surface area contributed by atoms with Gasteiger partial charge in [-0.05, 0) is 28.8 Å². The smallest absolute Gasteiger partial charge is 0.235 e. The van der Waals surface area contributed by atoms with E-state index in [2.05, 4.69) is 10.2 Å². The number of carbonyl (C=O) groups is 1. The molecule has 0 bridgehead atoms. The maximum absolute atomic E-state index is 12.3. The molecule has 8 heteroatoms. The van der Waals surface area contributed by atoms with Crippen molar-refractivity contribution in [3.05, 3.63) is 70.8 Å². The van der Waals surface area contributed by atoms with E-state index in [9.17, 15) is 13.2 Å². The molecular formula is C22H25N3O4S. The number of sulfone groups is 1. The van der Waals surface area contributed by atoms with Crippen molar-refractivity contribution in [3.8, 4) is 6.07 Å². The van der Waals surface area contributed by atoms with Gasteiger partial charge in [-0.2, -0.15) is 5.26 Å². The van der Waals surface area contributed by atoms with Crippen molar-refractivity contribution in [3.63, 3.8) is 0 Å². The summed E-state index contributed by atoms with van der Waals surface area (Å²) < 4.78 is 29.9. The Hall–Kier alpha value is -2.73. The van der Waals surface area contributed by atoms with Gasteiger partial charge in [-0.25, -0.2) is 8.42 Å². The number of nitrogens with zero attached hydrogens (tertiary/aromatic N) is 2. The molecule has 0 unspecified atom stereocenters. The van der Waals surface area contributed by atoms with E-state index < -0.39 is 21.5 Å². The van der Waals surface area contributed by atoms with Crippen LogP contribution in [0.25, 0.3) is 0 Å². The summed E-state index contributed by atoms with van der Waals surface area (Å²) >= 11 is 0. The van der Waals surface area contributed by atoms with Crippen molar-refractivity contribution in [2.75, 3.05) is 32.1 Å². The molecule has 30 heavy (non-hydrogen) atoms. The molecular weight excluding hydrogens is 402 g/mol. The van der Waals surface area contributed by atoms with Crippen LogP contribution in [-0.2, 0) is 38.2 Å². The number of rotatable bonds is 8. The molecule has 1 fully saturated rings. The van der Waals surface area contributed by atoms with Gasteiger partial charge in [0.1, 0.15) is 5.75 Å². The monoisotopic (exact) mass is 427 g/mol. The summed E-state index contributed by atoms with van der Waals surface area (Å²) in [4.78, 5) is 14.4. The van der Waals surface area contributed by atoms with E-state index in [0.29, 0.717) is 11.1 Å². The van der Waals surface area contributed by atoms with Crippen LogP contribution in [0.5, 0.6) is 0 Å². The SMILES string of the molecule is N#Cc1ccc(CS(=O)(=O)CC(=O)NCc2ccc(CN3CCOCC3)cc2)cc1. The minimum Gasteiger partial charge on any atom is -0.379 e. The van der Waals surface area contributed by atoms with Crippen LogP contribution in [0.1, 0.15) is 22.3 Å². The van der Waals surface area contributed by atoms with Gasteiger partial charge in [0, 0.05) is 26.2 Å². The minimum absolute atomic E-state index is 0.234. The number of nitrogens with one attached hydrogen (secondary N) is 1. The summed E-state index contributed by atoms with van der Waals surface area (Å²) in [6.45, 7) is 4.52. The standard InChI is InChI=1S/C22H25N3O4S/c23-13-18-1-7-21(8-2-18)16-30(27,28)17-22(26)24-14-19-3-5-20(6-4-19)15-25-9-11-29-12-10-25/h1-8H,9-12,14-17H2,(H,24,26). The fourth-order valence-electron chi connectivity index (χ4n) is 3.21. The quantitative estimate of drug-likeness (QED) is 0.687. The third kappa shape index (κ3) is 6.95. The molecule has 2 aromatic carbocycles. The first-order chi connectivity index (χ1) is 14.4. The second kappa shape index (κ2) is 10.3. The third-order valence-corrected chi connectivity index (χ3v) is 6.32. The van der Waals surface area contributed by atoms with Crippen molar-refractivity contribution in [2.24, 2.45) is 0 Å². The lowest BCUT2D eigenvalue weighted by Gasteiger charge is -2.26. The predicted octanol–water partition coefficient (Wildman–Crippen LogP) is 1.62. The lowest BCUT2D eigenvalue weighted by atomic mass is 10.1. The summed E-state index contributed by atoms with van der Waals surface area (Å²) in [6, 6.07) is 16.2. The van der Waals surface area contributed by atoms with E-state index in [-0.39, 0.29) is 12.3 Å². The third-order valence-electron chi connectivity index (χ3n) is 4.84. The van der Waals surface area contributed by atoms with Crippen LogP contribution in [0.2, 0.25) is 0 Å². The lowest BCUT2D eigenvalue weighted by Crippen LogP contribution is -2.35. The van der Waals surface area contributed by atoms with Gasteiger partial charge in [0.25, 0.3) is 0 Å². The Morgan fingerprint density at radius 1 is 1.00 bits per heavy atom. The molecule has 0 spiro atoms. The highest BCUT2D eigenvalue weighted by Gasteiger charge is 2.17. The Bertz CT molecular complexity index is 990. The normalized spacial score (nSPS) is 14.8. The first-order valence-electron chi connectivity index (χ1n) is 9.77. The Morgan fingerprint density at radius 3 is 2.23 bits per heavy atom. The molecule has 0 atom stereocenters. The van der Waals surface area contributed by atoms with Crippen molar-refractivity contribution >= 4 is 15.7 Å². The van der Waals surface area contributed by atoms with Gasteiger partial charge >= 0.3 is 0 Å². The van der Waals surface area contributed by atoms with Gasteiger partial charge < -0.3 is 10.1 Å². The number of carbonyl (C=O) groups excluding carboxylic acids is 1. The highest BCUT2D eigenvalue weighted by molar-refractivity contribution is 7.91. The zero-order valence-corrected chi connectivity index (χ0v) is 17.5. The van der Waals surface area contributed by atoms with Gasteiger partial charge in [-0.3, -0.25) is 9.69 Å². The van der Waals surface area contributed by atoms with Gasteiger partial charge in [-0.1, -0.05) is 36.4 Å². The molecule has 1 heterocycles. The number of morpholine rings is 1. The Morgan fingerprint density at radius 2 is 1.60 bits per heavy atom. The number of ether oxygens (including phenoxy) is 1. The van der Waals surface area contributed by atoms with E-state index in [1.165, 1.54) is 5.56 Å². The van der Waals surface area contributed by atoms with E-state index in [0.717, 1.165) is 38.4 Å². The second-order valence-electron chi connectivity index (χ2n) is 7.32. The number of hydrogen-bond acceptors (Lipinski definition) is 6. The van der Waals surface area contributed by atoms with Gasteiger partial charge in [-0.15, -0.1) is 0 Å². The lowest BCUT2D eigenvalue weighted by molar-refractivity contribution is -0.118. The van der Waals surface area contributed by atoms with Crippen molar-refractivity contribution in [1.29, 1.82) is 5.26 Å². The molecule has 1 aliphatic heterocycles. The van der Waals surface area contributed by atoms with Gasteiger partial charge in [0.05, 0.1) is 30.6 Å². The molecule has 3 rings (SSSR count). The number of amides is 1. The van der Waals surface area contributed by atoms with Crippen LogP contribution in [-0.4, -0.2) is 51.3 Å². The van der Waals surface area contributed by atoms with E-state index in [1.54, 1.807) is 24.3 Å². The molecule has 1 saturated heterocycles. The molecule has 0 aliphatic carbocycles. The van der Waals surface area contributed by atoms with Crippen molar-refractivity contribution in [2.45, 2.75) is 18.8 Å². The highest BCUT2D eigenvalue weighted by atomic mass is 32.2. The van der Waals surface area contributed by atoms with Crippen LogP contribution in [0.15, 0.2) is 48.5 Å². The average molecular weight is 428 g/mol. The molecule has 0 saturated carbocycles. The van der Waals surface area contributed by atoms with Crippen molar-refractivity contribution in [1.82, 2.24) is 10.2 Å². The summed E-state index contributed by atoms with van der Waals surface area (Å²) in [5.41, 5.74) is 3.12. The molecule has 2 aromatic rings. The largest absolute Gasteiger partial charge is 0.379 e. The molecule has 1 amide bonds. The average Bonchev–Trinajstić information content (AvgIpc) is 2.74. The Balaban J connectivity index is 1.45. The molecule has 1 N–H and O–H groups in total. The first-order valence-corrected chi connectivity index (χ1v) is 11.6. The number of benzene rings is 2. The van der Waals surface area contributed by atoms with Crippen LogP contribution in [0, 0.1) is 11.3 Å². The van der Waals surface area contributed by atoms with E-state index in [1.807, 2.05) is 30.3 Å². The molecule has 1 aliphatic rings. The molecule has 0 radical (unpaired) electrons. The molecule has 158 valence electrons. The van der Waals surface area contributed by atoms with Crippen LogP contribution in [0.4, 0.5) is 0 Å². The van der Waals surface area contributed by atoms with Crippen LogP contribution < -0.4 is 5.32 Å². The van der Waals surface area contributed by atoms with Gasteiger partial charge in [0.15, 0.2) is 9.84 Å². The minimum atomic E-state index is -3.59. The highest BCUT2D eigenvalue weighted by Crippen LogP contribution is 2.10. The summed E-state index contributed by atoms with van der Waals surface area (Å²) in [5.74, 6) is -1.33.